The van der Waals surface area contributed by atoms with Crippen molar-refractivity contribution in [2.75, 3.05) is 0 Å². The van der Waals surface area contributed by atoms with Crippen molar-refractivity contribution >= 4 is 11.6 Å². The second kappa shape index (κ2) is 4.20. The van der Waals surface area contributed by atoms with Crippen molar-refractivity contribution in [2.45, 2.75) is 31.9 Å². The summed E-state index contributed by atoms with van der Waals surface area (Å²) in [7, 11) is 0. The molecule has 76 valence electrons. The molecule has 1 aliphatic rings. The molecule has 1 aromatic rings. The van der Waals surface area contributed by atoms with Crippen molar-refractivity contribution in [3.63, 3.8) is 0 Å². The standard InChI is InChI=1S/C11H14ClNO/c12-10-6-8(7-13)4-5-11(10)14-9-2-1-3-9/h4-6,9H,1-3,7,13H2. The van der Waals surface area contributed by atoms with Crippen molar-refractivity contribution < 1.29 is 4.74 Å². The molecule has 2 rings (SSSR count). The van der Waals surface area contributed by atoms with Crippen LogP contribution in [0.1, 0.15) is 24.8 Å². The van der Waals surface area contributed by atoms with Crippen molar-refractivity contribution in [1.29, 1.82) is 0 Å². The predicted molar refractivity (Wildman–Crippen MR) is 57.6 cm³/mol. The summed E-state index contributed by atoms with van der Waals surface area (Å²) in [5.74, 6) is 0.786. The Morgan fingerprint density at radius 2 is 2.21 bits per heavy atom. The number of halogens is 1. The second-order valence-electron chi connectivity index (χ2n) is 3.64. The summed E-state index contributed by atoms with van der Waals surface area (Å²) in [6, 6.07) is 5.73. The minimum atomic E-state index is 0.372. The lowest BCUT2D eigenvalue weighted by Gasteiger charge is -2.26. The zero-order chi connectivity index (χ0) is 9.97. The SMILES string of the molecule is NCc1ccc(OC2CCC2)c(Cl)c1. The molecular weight excluding hydrogens is 198 g/mol. The van der Waals surface area contributed by atoms with E-state index in [-0.39, 0.29) is 0 Å². The molecule has 1 aliphatic carbocycles. The second-order valence-corrected chi connectivity index (χ2v) is 4.05. The lowest BCUT2D eigenvalue weighted by molar-refractivity contribution is 0.120. The van der Waals surface area contributed by atoms with Crippen LogP contribution in [0, 0.1) is 0 Å². The summed E-state index contributed by atoms with van der Waals surface area (Å²) in [5, 5.41) is 0.667. The average Bonchev–Trinajstić information content (AvgIpc) is 2.13. The molecule has 2 nitrogen and oxygen atoms in total. The molecule has 0 aliphatic heterocycles. The highest BCUT2D eigenvalue weighted by atomic mass is 35.5. The number of hydrogen-bond acceptors (Lipinski definition) is 2. The quantitative estimate of drug-likeness (QED) is 0.835. The molecule has 0 saturated heterocycles. The van der Waals surface area contributed by atoms with Gasteiger partial charge in [0.15, 0.2) is 0 Å². The van der Waals surface area contributed by atoms with Crippen LogP contribution in [0.2, 0.25) is 5.02 Å². The molecule has 0 unspecified atom stereocenters. The first-order valence-electron chi connectivity index (χ1n) is 4.95. The Hall–Kier alpha value is -0.730. The number of benzene rings is 1. The molecule has 1 fully saturated rings. The van der Waals surface area contributed by atoms with E-state index in [1.54, 1.807) is 0 Å². The van der Waals surface area contributed by atoms with Crippen molar-refractivity contribution in [2.24, 2.45) is 5.73 Å². The summed E-state index contributed by atoms with van der Waals surface area (Å²) in [4.78, 5) is 0. The number of hydrogen-bond donors (Lipinski definition) is 1. The number of rotatable bonds is 3. The minimum Gasteiger partial charge on any atom is -0.489 e. The first kappa shape index (κ1) is 9.81. The largest absolute Gasteiger partial charge is 0.489 e. The lowest BCUT2D eigenvalue weighted by Crippen LogP contribution is -2.24. The maximum Gasteiger partial charge on any atom is 0.138 e. The monoisotopic (exact) mass is 211 g/mol. The molecule has 0 bridgehead atoms. The summed E-state index contributed by atoms with van der Waals surface area (Å²) in [5.41, 5.74) is 6.55. The molecule has 0 amide bonds. The fourth-order valence-corrected chi connectivity index (χ4v) is 1.68. The Morgan fingerprint density at radius 3 is 2.71 bits per heavy atom. The Balaban J connectivity index is 2.09. The van der Waals surface area contributed by atoms with Gasteiger partial charge in [0, 0.05) is 6.54 Å². The van der Waals surface area contributed by atoms with E-state index < -0.39 is 0 Å². The van der Waals surface area contributed by atoms with Gasteiger partial charge in [-0.25, -0.2) is 0 Å². The maximum atomic E-state index is 6.05. The van der Waals surface area contributed by atoms with Crippen LogP contribution < -0.4 is 10.5 Å². The molecular formula is C11H14ClNO. The van der Waals surface area contributed by atoms with Gasteiger partial charge in [0.1, 0.15) is 5.75 Å². The van der Waals surface area contributed by atoms with Crippen LogP contribution in [0.25, 0.3) is 0 Å². The molecule has 14 heavy (non-hydrogen) atoms. The highest BCUT2D eigenvalue weighted by Gasteiger charge is 2.19. The third-order valence-corrected chi connectivity index (χ3v) is 2.87. The summed E-state index contributed by atoms with van der Waals surface area (Å²) in [6.45, 7) is 0.517. The van der Waals surface area contributed by atoms with Gasteiger partial charge in [-0.1, -0.05) is 17.7 Å². The molecule has 1 aromatic carbocycles. The van der Waals surface area contributed by atoms with Gasteiger partial charge in [0.25, 0.3) is 0 Å². The third-order valence-electron chi connectivity index (χ3n) is 2.58. The highest BCUT2D eigenvalue weighted by molar-refractivity contribution is 6.32. The van der Waals surface area contributed by atoms with E-state index in [2.05, 4.69) is 0 Å². The Labute approximate surface area is 89.0 Å². The molecule has 2 N–H and O–H groups in total. The van der Waals surface area contributed by atoms with E-state index in [9.17, 15) is 0 Å². The van der Waals surface area contributed by atoms with E-state index in [0.717, 1.165) is 24.2 Å². The molecule has 0 aromatic heterocycles. The van der Waals surface area contributed by atoms with Crippen molar-refractivity contribution in [3.8, 4) is 5.75 Å². The smallest absolute Gasteiger partial charge is 0.138 e. The van der Waals surface area contributed by atoms with E-state index in [0.29, 0.717) is 17.7 Å². The van der Waals surface area contributed by atoms with Gasteiger partial charge in [-0.05, 0) is 37.0 Å². The first-order chi connectivity index (χ1) is 6.79. The van der Waals surface area contributed by atoms with E-state index >= 15 is 0 Å². The van der Waals surface area contributed by atoms with Crippen LogP contribution in [0.4, 0.5) is 0 Å². The van der Waals surface area contributed by atoms with E-state index in [1.165, 1.54) is 6.42 Å². The normalized spacial score (nSPS) is 16.4. The Kier molecular flexibility index (Phi) is 2.94. The van der Waals surface area contributed by atoms with Crippen LogP contribution in [0.3, 0.4) is 0 Å². The molecule has 0 radical (unpaired) electrons. The minimum absolute atomic E-state index is 0.372. The summed E-state index contributed by atoms with van der Waals surface area (Å²) in [6.07, 6.45) is 3.93. The van der Waals surface area contributed by atoms with Crippen LogP contribution >= 0.6 is 11.6 Å². The zero-order valence-corrected chi connectivity index (χ0v) is 8.76. The topological polar surface area (TPSA) is 35.2 Å². The van der Waals surface area contributed by atoms with Gasteiger partial charge >= 0.3 is 0 Å². The molecule has 1 saturated carbocycles. The molecule has 0 heterocycles. The number of nitrogens with two attached hydrogens (primary N) is 1. The maximum absolute atomic E-state index is 6.05. The lowest BCUT2D eigenvalue weighted by atomic mass is 9.96. The van der Waals surface area contributed by atoms with Crippen molar-refractivity contribution in [1.82, 2.24) is 0 Å². The van der Waals surface area contributed by atoms with Crippen LogP contribution in [0.5, 0.6) is 5.75 Å². The fourth-order valence-electron chi connectivity index (χ4n) is 1.44. The van der Waals surface area contributed by atoms with E-state index in [4.69, 9.17) is 22.1 Å². The Morgan fingerprint density at radius 1 is 1.43 bits per heavy atom. The summed E-state index contributed by atoms with van der Waals surface area (Å²) >= 11 is 6.05. The molecule has 0 spiro atoms. The Bertz CT molecular complexity index is 323. The average molecular weight is 212 g/mol. The van der Waals surface area contributed by atoms with Gasteiger partial charge in [-0.15, -0.1) is 0 Å². The third kappa shape index (κ3) is 2.02. The first-order valence-corrected chi connectivity index (χ1v) is 5.32. The highest BCUT2D eigenvalue weighted by Crippen LogP contribution is 2.30. The predicted octanol–water partition coefficient (Wildman–Crippen LogP) is 2.73. The fraction of sp³-hybridized carbons (Fsp3) is 0.455. The zero-order valence-electron chi connectivity index (χ0n) is 8.00. The van der Waals surface area contributed by atoms with E-state index in [1.807, 2.05) is 18.2 Å². The molecule has 0 atom stereocenters. The number of ether oxygens (including phenoxy) is 1. The summed E-state index contributed by atoms with van der Waals surface area (Å²) < 4.78 is 5.71. The van der Waals surface area contributed by atoms with Crippen LogP contribution in [-0.2, 0) is 6.54 Å². The van der Waals surface area contributed by atoms with Crippen LogP contribution in [0.15, 0.2) is 18.2 Å². The van der Waals surface area contributed by atoms with Gasteiger partial charge in [-0.3, -0.25) is 0 Å². The van der Waals surface area contributed by atoms with Crippen molar-refractivity contribution in [3.05, 3.63) is 28.8 Å². The molecule has 3 heteroatoms. The van der Waals surface area contributed by atoms with Gasteiger partial charge in [0.05, 0.1) is 11.1 Å². The van der Waals surface area contributed by atoms with Gasteiger partial charge < -0.3 is 10.5 Å². The van der Waals surface area contributed by atoms with Crippen LogP contribution in [-0.4, -0.2) is 6.10 Å². The van der Waals surface area contributed by atoms with Gasteiger partial charge in [0.2, 0.25) is 0 Å². The van der Waals surface area contributed by atoms with Gasteiger partial charge in [-0.2, -0.15) is 0 Å².